The number of nitrogens with zero attached hydrogens (tertiary/aromatic N) is 8. The first-order valence-electron chi connectivity index (χ1n) is 16.5. The molecule has 4 aromatic rings. The number of rotatable bonds is 10. The Labute approximate surface area is 284 Å². The zero-order valence-electron chi connectivity index (χ0n) is 27.7. The van der Waals surface area contributed by atoms with Gasteiger partial charge in [0.2, 0.25) is 5.95 Å². The van der Waals surface area contributed by atoms with Gasteiger partial charge < -0.3 is 29.5 Å². The molecule has 2 aromatic carbocycles. The first-order chi connectivity index (χ1) is 22.9. The second-order valence-corrected chi connectivity index (χ2v) is 14.9. The summed E-state index contributed by atoms with van der Waals surface area (Å²) in [5.74, 6) is 1.95. The van der Waals surface area contributed by atoms with Gasteiger partial charge in [-0.15, -0.1) is 0 Å². The third kappa shape index (κ3) is 7.21. The Kier molecular flexibility index (Phi) is 9.54. The molecular weight excluding hydrogens is 627 g/mol. The summed E-state index contributed by atoms with van der Waals surface area (Å²) in [7, 11) is 8.79. The van der Waals surface area contributed by atoms with Crippen molar-refractivity contribution in [2.45, 2.75) is 43.9 Å². The van der Waals surface area contributed by atoms with Crippen LogP contribution in [0, 0.1) is 6.92 Å². The topological polar surface area (TPSA) is 97.8 Å². The van der Waals surface area contributed by atoms with Crippen molar-refractivity contribution in [3.8, 4) is 5.75 Å². The molecule has 11 nitrogen and oxygen atoms in total. The van der Waals surface area contributed by atoms with Gasteiger partial charge in [0.25, 0.3) is 0 Å². The molecule has 2 saturated heterocycles. The van der Waals surface area contributed by atoms with Crippen LogP contribution in [-0.2, 0) is 0 Å². The van der Waals surface area contributed by atoms with E-state index in [0.717, 1.165) is 52.2 Å². The molecule has 2 N–H and O–H groups in total. The van der Waals surface area contributed by atoms with E-state index in [9.17, 15) is 0 Å². The molecule has 1 unspecified atom stereocenters. The highest BCUT2D eigenvalue weighted by Crippen LogP contribution is 2.43. The molecule has 0 radical (unpaired) electrons. The molecule has 47 heavy (non-hydrogen) atoms. The number of hydrogen-bond acceptors (Lipinski definition) is 12. The summed E-state index contributed by atoms with van der Waals surface area (Å²) in [4.78, 5) is 26.4. The van der Waals surface area contributed by atoms with E-state index in [1.807, 2.05) is 24.2 Å². The predicted octanol–water partition coefficient (Wildman–Crippen LogP) is 5.19. The molecule has 3 fully saturated rings. The average Bonchev–Trinajstić information content (AvgIpc) is 3.91. The van der Waals surface area contributed by atoms with Gasteiger partial charge >= 0.3 is 0 Å². The summed E-state index contributed by atoms with van der Waals surface area (Å²) in [6.07, 6.45) is 10.2. The Balaban J connectivity index is 1.09. The van der Waals surface area contributed by atoms with Crippen LogP contribution < -0.4 is 29.9 Å². The lowest BCUT2D eigenvalue weighted by atomic mass is 10.0. The number of anilines is 6. The van der Waals surface area contributed by atoms with E-state index in [1.54, 1.807) is 19.5 Å². The van der Waals surface area contributed by atoms with Crippen LogP contribution in [0.4, 0.5) is 34.5 Å². The lowest BCUT2D eigenvalue weighted by Crippen LogP contribution is -2.52. The first-order valence-corrected chi connectivity index (χ1v) is 17.9. The highest BCUT2D eigenvalue weighted by atomic mass is 32.2. The van der Waals surface area contributed by atoms with Gasteiger partial charge in [-0.2, -0.15) is 4.98 Å². The van der Waals surface area contributed by atoms with Crippen LogP contribution in [-0.4, -0.2) is 102 Å². The van der Waals surface area contributed by atoms with Gasteiger partial charge in [0.05, 0.1) is 29.7 Å². The van der Waals surface area contributed by atoms with E-state index in [1.165, 1.54) is 63.1 Å². The van der Waals surface area contributed by atoms with Crippen LogP contribution in [0.15, 0.2) is 42.9 Å². The fraction of sp³-hybridized carbons (Fsp3) is 0.471. The maximum atomic E-state index is 5.90. The maximum absolute atomic E-state index is 5.90. The van der Waals surface area contributed by atoms with Crippen LogP contribution in [0.1, 0.15) is 31.2 Å². The minimum atomic E-state index is 0.486. The molecule has 0 amide bonds. The molecule has 1 atom stereocenters. The number of piperazine rings is 1. The van der Waals surface area contributed by atoms with E-state index in [-0.39, 0.29) is 0 Å². The highest BCUT2D eigenvalue weighted by molar-refractivity contribution is 8.01. The molecule has 4 heterocycles. The summed E-state index contributed by atoms with van der Waals surface area (Å²) in [5, 5.41) is 8.52. The normalized spacial score (nSPS) is 18.0. The molecule has 0 spiro atoms. The van der Waals surface area contributed by atoms with Crippen molar-refractivity contribution in [1.82, 2.24) is 29.7 Å². The van der Waals surface area contributed by atoms with Gasteiger partial charge in [0.15, 0.2) is 0 Å². The fourth-order valence-corrected chi connectivity index (χ4v) is 7.93. The monoisotopic (exact) mass is 672 g/mol. The Morgan fingerprint density at radius 2 is 1.70 bits per heavy atom. The average molecular weight is 673 g/mol. The van der Waals surface area contributed by atoms with Gasteiger partial charge in [0, 0.05) is 93.3 Å². The molecule has 2 aromatic heterocycles. The fourth-order valence-electron chi connectivity index (χ4n) is 6.63. The van der Waals surface area contributed by atoms with Gasteiger partial charge in [-0.3, -0.25) is 14.9 Å². The number of nitrogens with one attached hydrogen (secondary N) is 2. The standard InChI is InChI=1S/C34H45N10OPS/c1-22-19-27(29(45-4)20-28(22)44-13-9-23(10-14-44)43-17-15-41(2)16-18-43)39-34-37-21-30(46)33(40-34)38-26-8-7-25-31(36-12-11-35-25)32(26)42(3)47-24-5-6-24/h7-8,11-12,19-21,23-24H,5-6,9-10,13-18,46H2,1-4H3,(H2,37,38,39,40). The summed E-state index contributed by atoms with van der Waals surface area (Å²) < 4.78 is 8.11. The van der Waals surface area contributed by atoms with Crippen LogP contribution >= 0.6 is 21.2 Å². The molecule has 2 aliphatic heterocycles. The summed E-state index contributed by atoms with van der Waals surface area (Å²) in [5.41, 5.74) is 6.89. The number of aryl methyl sites for hydroxylation is 1. The van der Waals surface area contributed by atoms with Gasteiger partial charge in [0.1, 0.15) is 17.1 Å². The number of benzene rings is 2. The molecule has 1 saturated carbocycles. The minimum Gasteiger partial charge on any atom is -0.494 e. The van der Waals surface area contributed by atoms with Crippen molar-refractivity contribution in [2.24, 2.45) is 0 Å². The minimum absolute atomic E-state index is 0.486. The van der Waals surface area contributed by atoms with Crippen LogP contribution in [0.2, 0.25) is 0 Å². The molecule has 1 aliphatic carbocycles. The number of hydrogen-bond donors (Lipinski definition) is 2. The van der Waals surface area contributed by atoms with Crippen molar-refractivity contribution in [3.05, 3.63) is 48.4 Å². The van der Waals surface area contributed by atoms with Crippen LogP contribution in [0.5, 0.6) is 5.75 Å². The number of fused-ring (bicyclic) bond motifs is 1. The third-order valence-corrected chi connectivity index (χ3v) is 11.1. The number of aromatic nitrogens is 4. The molecule has 3 aliphatic rings. The third-order valence-electron chi connectivity index (χ3n) is 9.45. The van der Waals surface area contributed by atoms with E-state index in [2.05, 4.69) is 88.1 Å². The van der Waals surface area contributed by atoms with Crippen molar-refractivity contribution < 1.29 is 4.74 Å². The van der Waals surface area contributed by atoms with Gasteiger partial charge in [-0.25, -0.2) is 4.98 Å². The highest BCUT2D eigenvalue weighted by Gasteiger charge is 2.29. The zero-order valence-corrected chi connectivity index (χ0v) is 29.7. The maximum Gasteiger partial charge on any atom is 0.229 e. The van der Waals surface area contributed by atoms with E-state index >= 15 is 0 Å². The molecule has 13 heteroatoms. The number of piperidine rings is 1. The van der Waals surface area contributed by atoms with E-state index < -0.39 is 0 Å². The van der Waals surface area contributed by atoms with Crippen LogP contribution in [0.3, 0.4) is 0 Å². The van der Waals surface area contributed by atoms with Crippen molar-refractivity contribution in [2.75, 3.05) is 80.3 Å². The second-order valence-electron chi connectivity index (χ2n) is 12.8. The molecule has 7 rings (SSSR count). The smallest absolute Gasteiger partial charge is 0.229 e. The van der Waals surface area contributed by atoms with Crippen LogP contribution in [0.25, 0.3) is 11.0 Å². The van der Waals surface area contributed by atoms with Gasteiger partial charge in [-0.1, -0.05) is 9.24 Å². The lowest BCUT2D eigenvalue weighted by molar-refractivity contribution is 0.0982. The summed E-state index contributed by atoms with van der Waals surface area (Å²) >= 11 is 1.84. The summed E-state index contributed by atoms with van der Waals surface area (Å²) in [6.45, 7) is 8.98. The van der Waals surface area contributed by atoms with Crippen molar-refractivity contribution >= 4 is 72.0 Å². The first kappa shape index (κ1) is 32.1. The number of ether oxygens (including phenoxy) is 1. The van der Waals surface area contributed by atoms with Crippen molar-refractivity contribution in [3.63, 3.8) is 0 Å². The second kappa shape index (κ2) is 14.0. The summed E-state index contributed by atoms with van der Waals surface area (Å²) in [6, 6.07) is 9.03. The number of methoxy groups -OCH3 is 1. The van der Waals surface area contributed by atoms with E-state index in [0.29, 0.717) is 23.1 Å². The Morgan fingerprint density at radius 3 is 2.45 bits per heavy atom. The quantitative estimate of drug-likeness (QED) is 0.172. The molecule has 248 valence electrons. The van der Waals surface area contributed by atoms with E-state index in [4.69, 9.17) is 14.7 Å². The molecular formula is C34H45N10OPS. The van der Waals surface area contributed by atoms with Crippen molar-refractivity contribution in [1.29, 1.82) is 0 Å². The Morgan fingerprint density at radius 1 is 0.936 bits per heavy atom. The Hall–Kier alpha value is -3.44. The zero-order chi connectivity index (χ0) is 32.5. The lowest BCUT2D eigenvalue weighted by Gasteiger charge is -2.43. The molecule has 0 bridgehead atoms. The Bertz CT molecular complexity index is 1720. The predicted molar refractivity (Wildman–Crippen MR) is 199 cm³/mol. The largest absolute Gasteiger partial charge is 0.494 e. The van der Waals surface area contributed by atoms with Gasteiger partial charge in [-0.05, 0) is 75.4 Å². The SMILES string of the molecule is COc1cc(N2CCC(N3CCN(C)CC3)CC2)c(C)cc1Nc1ncc(P)c(Nc2ccc3nccnc3c2N(C)SC2CC2)n1. The number of likely N-dealkylation sites (N-methyl/N-ethyl adjacent to an activating group) is 1.